The van der Waals surface area contributed by atoms with E-state index in [0.29, 0.717) is 0 Å². The third-order valence-corrected chi connectivity index (χ3v) is 0.972. The third kappa shape index (κ3) is 5.84. The number of pyridine rings is 1. The van der Waals surface area contributed by atoms with E-state index in [9.17, 15) is 0 Å². The zero-order valence-electron chi connectivity index (χ0n) is 6.42. The lowest BCUT2D eigenvalue weighted by atomic mass is 10.5. The number of aromatic amines is 1. The van der Waals surface area contributed by atoms with Crippen LogP contribution in [0.15, 0.2) is 49.1 Å². The number of hydrogen-bond acceptors (Lipinski definition) is 2. The van der Waals surface area contributed by atoms with Crippen molar-refractivity contribution < 1.29 is 0 Å². The Hall–Kier alpha value is -0.910. The summed E-state index contributed by atoms with van der Waals surface area (Å²) in [6.07, 6.45) is 6.96. The molecular weight excluding hydrogens is 265 g/mol. The molecule has 3 nitrogen and oxygen atoms in total. The Labute approximate surface area is 88.3 Å². The Kier molecular flexibility index (Phi) is 7.57. The molecule has 0 saturated carbocycles. The molecular formula is C8H10IN3. The molecule has 1 N–H and O–H groups in total. The van der Waals surface area contributed by atoms with Gasteiger partial charge in [-0.3, -0.25) is 10.1 Å². The lowest BCUT2D eigenvalue weighted by Gasteiger charge is -1.70. The number of aromatic nitrogens is 3. The van der Waals surface area contributed by atoms with E-state index >= 15 is 0 Å². The normalized spacial score (nSPS) is 7.33. The molecule has 2 heterocycles. The number of nitrogens with one attached hydrogen (secondary N) is 1. The molecule has 4 heteroatoms. The fourth-order valence-corrected chi connectivity index (χ4v) is 0.528. The van der Waals surface area contributed by atoms with Crippen molar-refractivity contribution in [3.8, 4) is 0 Å². The summed E-state index contributed by atoms with van der Waals surface area (Å²) in [7, 11) is 0. The Morgan fingerprint density at radius 3 is 1.75 bits per heavy atom. The van der Waals surface area contributed by atoms with Gasteiger partial charge < -0.3 is 0 Å². The first-order valence-corrected chi connectivity index (χ1v) is 3.29. The molecule has 0 bridgehead atoms. The summed E-state index contributed by atoms with van der Waals surface area (Å²) >= 11 is 0. The minimum absolute atomic E-state index is 0. The van der Waals surface area contributed by atoms with Gasteiger partial charge in [-0.2, -0.15) is 5.10 Å². The van der Waals surface area contributed by atoms with Crippen LogP contribution in [0.1, 0.15) is 0 Å². The van der Waals surface area contributed by atoms with Crippen LogP contribution in [0, 0.1) is 0 Å². The fourth-order valence-electron chi connectivity index (χ4n) is 0.528. The van der Waals surface area contributed by atoms with E-state index in [-0.39, 0.29) is 24.0 Å². The quantitative estimate of drug-likeness (QED) is 0.748. The van der Waals surface area contributed by atoms with Crippen LogP contribution in [0.3, 0.4) is 0 Å². The molecule has 0 fully saturated rings. The van der Waals surface area contributed by atoms with Gasteiger partial charge in [0.2, 0.25) is 0 Å². The minimum atomic E-state index is 0. The monoisotopic (exact) mass is 275 g/mol. The van der Waals surface area contributed by atoms with Crippen molar-refractivity contribution in [3.63, 3.8) is 0 Å². The lowest BCUT2D eigenvalue weighted by molar-refractivity contribution is 1.09. The molecule has 0 amide bonds. The van der Waals surface area contributed by atoms with Gasteiger partial charge in [0.15, 0.2) is 0 Å². The predicted molar refractivity (Wildman–Crippen MR) is 58.2 cm³/mol. The summed E-state index contributed by atoms with van der Waals surface area (Å²) in [6, 6.07) is 7.55. The van der Waals surface area contributed by atoms with Crippen molar-refractivity contribution >= 4 is 24.0 Å². The standard InChI is InChI=1S/C5H5N.C3H4N2.HI/c1-2-4-6-5-3-1;1-2-4-5-3-1;/h1-5H;1-3H,(H,4,5);1H. The van der Waals surface area contributed by atoms with E-state index in [4.69, 9.17) is 0 Å². The Morgan fingerprint density at radius 1 is 0.833 bits per heavy atom. The van der Waals surface area contributed by atoms with Crippen LogP contribution in [-0.2, 0) is 0 Å². The van der Waals surface area contributed by atoms with Crippen LogP contribution in [0.2, 0.25) is 0 Å². The molecule has 12 heavy (non-hydrogen) atoms. The van der Waals surface area contributed by atoms with Gasteiger partial charge >= 0.3 is 0 Å². The predicted octanol–water partition coefficient (Wildman–Crippen LogP) is 2.11. The van der Waals surface area contributed by atoms with Crippen molar-refractivity contribution in [1.82, 2.24) is 15.2 Å². The van der Waals surface area contributed by atoms with Crippen molar-refractivity contribution in [2.75, 3.05) is 0 Å². The number of rotatable bonds is 0. The number of hydrogen-bond donors (Lipinski definition) is 1. The zero-order chi connectivity index (χ0) is 7.78. The van der Waals surface area contributed by atoms with Crippen molar-refractivity contribution in [2.45, 2.75) is 0 Å². The zero-order valence-corrected chi connectivity index (χ0v) is 8.75. The van der Waals surface area contributed by atoms with E-state index < -0.39 is 0 Å². The SMILES string of the molecule is I.c1ccncc1.c1cn[nH]c1. The van der Waals surface area contributed by atoms with Crippen LogP contribution in [-0.4, -0.2) is 15.2 Å². The molecule has 0 aliphatic rings. The van der Waals surface area contributed by atoms with Crippen molar-refractivity contribution in [1.29, 1.82) is 0 Å². The summed E-state index contributed by atoms with van der Waals surface area (Å²) in [5.74, 6) is 0. The molecule has 0 radical (unpaired) electrons. The van der Waals surface area contributed by atoms with E-state index in [1.54, 1.807) is 24.8 Å². The highest BCUT2D eigenvalue weighted by Gasteiger charge is 1.58. The van der Waals surface area contributed by atoms with Gasteiger partial charge in [0.05, 0.1) is 0 Å². The second-order valence-electron chi connectivity index (χ2n) is 1.79. The van der Waals surface area contributed by atoms with Gasteiger partial charge in [-0.15, -0.1) is 24.0 Å². The average molecular weight is 275 g/mol. The molecule has 0 atom stereocenters. The maximum absolute atomic E-state index is 3.78. The van der Waals surface area contributed by atoms with Crippen LogP contribution in [0.25, 0.3) is 0 Å². The molecule has 2 aromatic heterocycles. The highest BCUT2D eigenvalue weighted by molar-refractivity contribution is 14.0. The fraction of sp³-hybridized carbons (Fsp3) is 0. The summed E-state index contributed by atoms with van der Waals surface area (Å²) in [5.41, 5.74) is 0. The minimum Gasteiger partial charge on any atom is -0.286 e. The van der Waals surface area contributed by atoms with E-state index in [1.165, 1.54) is 0 Å². The van der Waals surface area contributed by atoms with E-state index in [2.05, 4.69) is 15.2 Å². The second kappa shape index (κ2) is 8.19. The van der Waals surface area contributed by atoms with Gasteiger partial charge in [0.25, 0.3) is 0 Å². The second-order valence-corrected chi connectivity index (χ2v) is 1.79. The van der Waals surface area contributed by atoms with Crippen LogP contribution in [0.5, 0.6) is 0 Å². The van der Waals surface area contributed by atoms with Crippen molar-refractivity contribution in [3.05, 3.63) is 49.1 Å². The Balaban J connectivity index is 0.000000189. The Morgan fingerprint density at radius 2 is 1.58 bits per heavy atom. The highest BCUT2D eigenvalue weighted by Crippen LogP contribution is 1.73. The average Bonchev–Trinajstić information content (AvgIpc) is 2.64. The largest absolute Gasteiger partial charge is 0.286 e. The van der Waals surface area contributed by atoms with Gasteiger partial charge in [0.1, 0.15) is 0 Å². The first-order chi connectivity index (χ1) is 5.50. The molecule has 2 rings (SSSR count). The maximum atomic E-state index is 3.78. The molecule has 0 aliphatic heterocycles. The molecule has 0 unspecified atom stereocenters. The van der Waals surface area contributed by atoms with Gasteiger partial charge in [-0.25, -0.2) is 0 Å². The summed E-state index contributed by atoms with van der Waals surface area (Å²) in [4.78, 5) is 3.78. The number of nitrogens with zero attached hydrogens (tertiary/aromatic N) is 2. The van der Waals surface area contributed by atoms with E-state index in [0.717, 1.165) is 0 Å². The molecule has 64 valence electrons. The molecule has 2 aromatic rings. The number of H-pyrrole nitrogens is 1. The summed E-state index contributed by atoms with van der Waals surface area (Å²) in [6.45, 7) is 0. The molecule has 0 saturated heterocycles. The Bertz CT molecular complexity index is 200. The van der Waals surface area contributed by atoms with Crippen LogP contribution >= 0.6 is 24.0 Å². The number of halogens is 1. The highest BCUT2D eigenvalue weighted by atomic mass is 127. The third-order valence-electron chi connectivity index (χ3n) is 0.972. The van der Waals surface area contributed by atoms with E-state index in [1.807, 2.05) is 24.3 Å². The smallest absolute Gasteiger partial charge is 0.0487 e. The van der Waals surface area contributed by atoms with Crippen LogP contribution < -0.4 is 0 Å². The topological polar surface area (TPSA) is 41.6 Å². The first kappa shape index (κ1) is 11.1. The van der Waals surface area contributed by atoms with Crippen LogP contribution in [0.4, 0.5) is 0 Å². The summed E-state index contributed by atoms with van der Waals surface area (Å²) < 4.78 is 0. The van der Waals surface area contributed by atoms with Gasteiger partial charge in [-0.1, -0.05) is 6.07 Å². The first-order valence-electron chi connectivity index (χ1n) is 3.29. The molecule has 0 aromatic carbocycles. The van der Waals surface area contributed by atoms with Gasteiger partial charge in [-0.05, 0) is 18.2 Å². The molecule has 0 aliphatic carbocycles. The summed E-state index contributed by atoms with van der Waals surface area (Å²) in [5, 5.41) is 6.21. The maximum Gasteiger partial charge on any atom is 0.0487 e. The van der Waals surface area contributed by atoms with Gasteiger partial charge in [0, 0.05) is 24.8 Å². The lowest BCUT2D eigenvalue weighted by Crippen LogP contribution is -1.58. The van der Waals surface area contributed by atoms with Crippen molar-refractivity contribution in [2.24, 2.45) is 0 Å². The molecule has 0 spiro atoms.